The first-order chi connectivity index (χ1) is 43.1. The van der Waals surface area contributed by atoms with Gasteiger partial charge in [-0.05, 0) is 156 Å². The quantitative estimate of drug-likeness (QED) is 0.123. The van der Waals surface area contributed by atoms with Crippen molar-refractivity contribution in [2.24, 2.45) is 0 Å². The Kier molecular flexibility index (Phi) is 10.8. The fourth-order valence-electron chi connectivity index (χ4n) is 14.5. The molecular formula is C81H48BN6. The number of aromatic nitrogens is 6. The molecule has 88 heavy (non-hydrogen) atoms. The molecule has 0 saturated heterocycles. The van der Waals surface area contributed by atoms with E-state index in [-0.39, 0.29) is 8.41 Å². The zero-order valence-corrected chi connectivity index (χ0v) is 47.5. The minimum absolute atomic E-state index is 0. The number of pyridine rings is 3. The normalized spacial score (nSPS) is 12.0. The fraction of sp³-hybridized carbons (Fsp3) is 0. The zero-order valence-electron chi connectivity index (χ0n) is 47.5. The highest BCUT2D eigenvalue weighted by atomic mass is 15.0. The van der Waals surface area contributed by atoms with E-state index in [0.29, 0.717) is 0 Å². The SMILES string of the molecule is [B].c1ccc(-c2ccc3c(c2)nc2c4ccccc4c4ccccc4n32)c(-c2cc(-c3ccccc3-c3ccc4c(c3)nc3c5ccccc5c5ccccc5n43)cc(-c3ccccc3-c3ccc4c(c3)nc3c5ccccc5c5ccccc5n43)c2)c1. The van der Waals surface area contributed by atoms with Gasteiger partial charge in [-0.15, -0.1) is 0 Å². The van der Waals surface area contributed by atoms with Crippen molar-refractivity contribution in [3.8, 4) is 66.8 Å². The maximum absolute atomic E-state index is 5.43. The van der Waals surface area contributed by atoms with Crippen LogP contribution >= 0.6 is 0 Å². The molecule has 6 heterocycles. The zero-order chi connectivity index (χ0) is 56.8. The average Bonchev–Trinajstić information content (AvgIpc) is 1.89. The molecule has 3 radical (unpaired) electrons. The summed E-state index contributed by atoms with van der Waals surface area (Å²) in [5, 5.41) is 10.7. The van der Waals surface area contributed by atoms with Crippen molar-refractivity contribution in [2.45, 2.75) is 0 Å². The van der Waals surface area contributed by atoms with E-state index in [1.807, 2.05) is 0 Å². The Bertz CT molecular complexity index is 5560. The van der Waals surface area contributed by atoms with E-state index in [9.17, 15) is 0 Å². The highest BCUT2D eigenvalue weighted by Crippen LogP contribution is 2.45. The lowest BCUT2D eigenvalue weighted by Crippen LogP contribution is -1.93. The molecule has 0 aliphatic carbocycles. The lowest BCUT2D eigenvalue weighted by atomic mass is 9.86. The largest absolute Gasteiger partial charge is 0.292 e. The molecule has 405 valence electrons. The van der Waals surface area contributed by atoms with Gasteiger partial charge in [-0.3, -0.25) is 13.2 Å². The summed E-state index contributed by atoms with van der Waals surface area (Å²) in [4.78, 5) is 16.3. The number of fused-ring (bicyclic) bond motifs is 24. The second kappa shape index (κ2) is 19.2. The molecule has 19 aromatic rings. The molecule has 0 unspecified atom stereocenters. The third kappa shape index (κ3) is 7.28. The lowest BCUT2D eigenvalue weighted by molar-refractivity contribution is 1.31. The van der Waals surface area contributed by atoms with Crippen LogP contribution in [0.2, 0.25) is 0 Å². The predicted octanol–water partition coefficient (Wildman–Crippen LogP) is 20.6. The van der Waals surface area contributed by atoms with Crippen molar-refractivity contribution in [2.75, 3.05) is 0 Å². The van der Waals surface area contributed by atoms with Gasteiger partial charge in [0.05, 0.1) is 49.7 Å². The summed E-state index contributed by atoms with van der Waals surface area (Å²) in [6.07, 6.45) is 0. The highest BCUT2D eigenvalue weighted by Gasteiger charge is 2.22. The molecule has 6 nitrogen and oxygen atoms in total. The first-order valence-corrected chi connectivity index (χ1v) is 29.7. The molecule has 7 heteroatoms. The molecule has 19 rings (SSSR count). The van der Waals surface area contributed by atoms with E-state index in [0.717, 1.165) is 150 Å². The van der Waals surface area contributed by atoms with Crippen molar-refractivity contribution in [1.29, 1.82) is 0 Å². The van der Waals surface area contributed by atoms with Gasteiger partial charge in [0.25, 0.3) is 0 Å². The molecule has 0 N–H and O–H groups in total. The van der Waals surface area contributed by atoms with Crippen molar-refractivity contribution >= 4 is 123 Å². The maximum atomic E-state index is 5.43. The second-order valence-electron chi connectivity index (χ2n) is 23.0. The van der Waals surface area contributed by atoms with Gasteiger partial charge in [0.1, 0.15) is 16.9 Å². The number of rotatable bonds is 6. The summed E-state index contributed by atoms with van der Waals surface area (Å²) < 4.78 is 7.00. The first kappa shape index (κ1) is 49.7. The average molecular weight is 1120 g/mol. The standard InChI is InChI=1S/C81H48N6.B/c1-4-22-58(55(19-1)49-37-40-76-70(46-49)82-79-67-31-10-7-25-61(67)64-28-13-16-34-73(64)85(76)79)52-43-53(59-23-5-2-20-56(59)50-38-41-77-71(47-50)83-80-68-32-11-8-26-62(68)65-29-14-17-35-74(65)86(77)80)45-54(44-52)60-24-6-3-21-57(60)51-39-42-78-72(48-51)84-81-69-33-12-9-27-63(69)66-30-15-18-36-75(66)87(78)81;/h1-48H;. The van der Waals surface area contributed by atoms with Crippen LogP contribution in [0.4, 0.5) is 0 Å². The number of hydrogen-bond acceptors (Lipinski definition) is 3. The van der Waals surface area contributed by atoms with Gasteiger partial charge in [-0.1, -0.05) is 218 Å². The summed E-state index contributed by atoms with van der Waals surface area (Å²) in [5.74, 6) is 0. The Balaban J connectivity index is 0.00000580. The van der Waals surface area contributed by atoms with E-state index in [1.165, 1.54) is 32.3 Å². The third-order valence-corrected chi connectivity index (χ3v) is 18.4. The van der Waals surface area contributed by atoms with Gasteiger partial charge in [-0.25, -0.2) is 15.0 Å². The Morgan fingerprint density at radius 3 is 0.693 bits per heavy atom. The van der Waals surface area contributed by atoms with Crippen LogP contribution in [0.3, 0.4) is 0 Å². The number of imidazole rings is 3. The van der Waals surface area contributed by atoms with Crippen molar-refractivity contribution in [3.63, 3.8) is 0 Å². The number of nitrogens with zero attached hydrogens (tertiary/aromatic N) is 6. The van der Waals surface area contributed by atoms with E-state index in [2.05, 4.69) is 304 Å². The van der Waals surface area contributed by atoms with Crippen molar-refractivity contribution in [1.82, 2.24) is 28.2 Å². The van der Waals surface area contributed by atoms with Crippen LogP contribution < -0.4 is 0 Å². The van der Waals surface area contributed by atoms with Crippen LogP contribution in [0, 0.1) is 0 Å². The molecule has 0 fully saturated rings. The van der Waals surface area contributed by atoms with Crippen LogP contribution in [0.1, 0.15) is 0 Å². The molecular weight excluding hydrogens is 1070 g/mol. The van der Waals surface area contributed by atoms with Crippen molar-refractivity contribution in [3.05, 3.63) is 291 Å². The third-order valence-electron chi connectivity index (χ3n) is 18.4. The van der Waals surface area contributed by atoms with Gasteiger partial charge in [0.15, 0.2) is 0 Å². The highest BCUT2D eigenvalue weighted by molar-refractivity contribution is 6.17. The van der Waals surface area contributed by atoms with E-state index >= 15 is 0 Å². The van der Waals surface area contributed by atoms with Crippen LogP contribution in [0.15, 0.2) is 291 Å². The Morgan fingerprint density at radius 1 is 0.182 bits per heavy atom. The summed E-state index contributed by atoms with van der Waals surface area (Å²) in [5.41, 5.74) is 25.8. The molecule has 13 aromatic carbocycles. The van der Waals surface area contributed by atoms with Crippen molar-refractivity contribution < 1.29 is 0 Å². The molecule has 0 spiro atoms. The smallest absolute Gasteiger partial charge is 0.146 e. The first-order valence-electron chi connectivity index (χ1n) is 29.7. The van der Waals surface area contributed by atoms with Gasteiger partial charge >= 0.3 is 0 Å². The fourth-order valence-corrected chi connectivity index (χ4v) is 14.5. The summed E-state index contributed by atoms with van der Waals surface area (Å²) >= 11 is 0. The molecule has 6 aromatic heterocycles. The second-order valence-corrected chi connectivity index (χ2v) is 23.0. The van der Waals surface area contributed by atoms with Gasteiger partial charge < -0.3 is 0 Å². The molecule has 0 aliphatic heterocycles. The minimum atomic E-state index is 0. The van der Waals surface area contributed by atoms with Crippen LogP contribution in [-0.2, 0) is 0 Å². The van der Waals surface area contributed by atoms with Crippen LogP contribution in [0.25, 0.3) is 182 Å². The minimum Gasteiger partial charge on any atom is -0.292 e. The maximum Gasteiger partial charge on any atom is 0.146 e. The topological polar surface area (TPSA) is 51.9 Å². The van der Waals surface area contributed by atoms with Gasteiger partial charge in [-0.2, -0.15) is 0 Å². The summed E-state index contributed by atoms with van der Waals surface area (Å²) in [6.45, 7) is 0. The molecule has 0 bridgehead atoms. The predicted molar refractivity (Wildman–Crippen MR) is 369 cm³/mol. The Hall–Kier alpha value is -11.7. The molecule has 0 atom stereocenters. The Morgan fingerprint density at radius 2 is 0.409 bits per heavy atom. The monoisotopic (exact) mass is 1120 g/mol. The lowest BCUT2D eigenvalue weighted by Gasteiger charge is -2.18. The van der Waals surface area contributed by atoms with E-state index in [4.69, 9.17) is 15.0 Å². The molecule has 0 aliphatic rings. The number of benzene rings is 13. The summed E-state index contributed by atoms with van der Waals surface area (Å²) in [6, 6.07) is 106. The summed E-state index contributed by atoms with van der Waals surface area (Å²) in [7, 11) is 0. The number of hydrogen-bond donors (Lipinski definition) is 0. The van der Waals surface area contributed by atoms with E-state index < -0.39 is 0 Å². The molecule has 0 amide bonds. The van der Waals surface area contributed by atoms with Crippen LogP contribution in [-0.4, -0.2) is 36.6 Å². The van der Waals surface area contributed by atoms with Gasteiger partial charge in [0, 0.05) is 40.7 Å². The number of para-hydroxylation sites is 3. The van der Waals surface area contributed by atoms with Crippen LogP contribution in [0.5, 0.6) is 0 Å². The van der Waals surface area contributed by atoms with E-state index in [1.54, 1.807) is 0 Å². The molecule has 0 saturated carbocycles. The van der Waals surface area contributed by atoms with Gasteiger partial charge in [0.2, 0.25) is 0 Å². The Labute approximate surface area is 506 Å².